The van der Waals surface area contributed by atoms with Crippen LogP contribution in [0.25, 0.3) is 0 Å². The molecule has 20 heavy (non-hydrogen) atoms. The predicted octanol–water partition coefficient (Wildman–Crippen LogP) is 3.87. The van der Waals surface area contributed by atoms with Gasteiger partial charge in [-0.05, 0) is 54.7 Å². The molecule has 2 aromatic rings. The minimum absolute atomic E-state index is 0.0731. The van der Waals surface area contributed by atoms with Crippen LogP contribution in [-0.2, 0) is 6.42 Å². The molecule has 1 aliphatic carbocycles. The summed E-state index contributed by atoms with van der Waals surface area (Å²) >= 11 is 0. The first kappa shape index (κ1) is 13.1. The molecule has 0 aromatic heterocycles. The summed E-state index contributed by atoms with van der Waals surface area (Å²) in [6.45, 7) is 2.04. The fourth-order valence-corrected chi connectivity index (χ4v) is 2.98. The van der Waals surface area contributed by atoms with Gasteiger partial charge in [0.1, 0.15) is 11.6 Å². The fraction of sp³-hybridized carbons (Fsp3) is 0.294. The zero-order valence-corrected chi connectivity index (χ0v) is 11.4. The molecule has 0 aliphatic heterocycles. The van der Waals surface area contributed by atoms with Crippen LogP contribution >= 0.6 is 0 Å². The highest BCUT2D eigenvalue weighted by atomic mass is 19.1. The maximum atomic E-state index is 13.3. The van der Waals surface area contributed by atoms with E-state index in [0.29, 0.717) is 5.75 Å². The normalized spacial score (nSPS) is 18.8. The van der Waals surface area contributed by atoms with Gasteiger partial charge in [-0.1, -0.05) is 24.3 Å². The third kappa shape index (κ3) is 2.41. The Hall–Kier alpha value is -1.87. The maximum Gasteiger partial charge on any atom is 0.123 e. The van der Waals surface area contributed by atoms with Gasteiger partial charge >= 0.3 is 0 Å². The van der Waals surface area contributed by atoms with E-state index >= 15 is 0 Å². The molecular weight excluding hydrogens is 253 g/mol. The molecule has 1 unspecified atom stereocenters. The lowest BCUT2D eigenvalue weighted by Crippen LogP contribution is -2.23. The fourth-order valence-electron chi connectivity index (χ4n) is 2.98. The molecule has 0 saturated heterocycles. The smallest absolute Gasteiger partial charge is 0.123 e. The van der Waals surface area contributed by atoms with Crippen molar-refractivity contribution in [2.75, 3.05) is 0 Å². The maximum absolute atomic E-state index is 13.3. The van der Waals surface area contributed by atoms with E-state index in [1.165, 1.54) is 6.07 Å². The molecule has 0 radical (unpaired) electrons. The lowest BCUT2D eigenvalue weighted by atomic mass is 10.0. The van der Waals surface area contributed by atoms with Crippen LogP contribution in [0.4, 0.5) is 4.39 Å². The molecular formula is C17H18FNO. The van der Waals surface area contributed by atoms with Gasteiger partial charge in [-0.25, -0.2) is 4.39 Å². The van der Waals surface area contributed by atoms with Gasteiger partial charge in [0, 0.05) is 12.1 Å². The minimum atomic E-state index is -0.208. The lowest BCUT2D eigenvalue weighted by Gasteiger charge is -2.21. The van der Waals surface area contributed by atoms with Gasteiger partial charge < -0.3 is 10.4 Å². The quantitative estimate of drug-likeness (QED) is 0.888. The van der Waals surface area contributed by atoms with E-state index in [9.17, 15) is 9.50 Å². The predicted molar refractivity (Wildman–Crippen MR) is 77.1 cm³/mol. The average molecular weight is 271 g/mol. The molecule has 0 saturated carbocycles. The number of fused-ring (bicyclic) bond motifs is 1. The van der Waals surface area contributed by atoms with Crippen molar-refractivity contribution < 1.29 is 9.50 Å². The molecule has 0 bridgehead atoms. The second-order valence-corrected chi connectivity index (χ2v) is 5.38. The summed E-state index contributed by atoms with van der Waals surface area (Å²) in [7, 11) is 0. The molecule has 1 aliphatic rings. The zero-order valence-electron chi connectivity index (χ0n) is 11.4. The Morgan fingerprint density at radius 3 is 2.85 bits per heavy atom. The van der Waals surface area contributed by atoms with Gasteiger partial charge in [-0.3, -0.25) is 0 Å². The topological polar surface area (TPSA) is 32.3 Å². The van der Waals surface area contributed by atoms with Gasteiger partial charge in [0.05, 0.1) is 0 Å². The monoisotopic (exact) mass is 271 g/mol. The summed E-state index contributed by atoms with van der Waals surface area (Å²) in [5.74, 6) is 0.172. The van der Waals surface area contributed by atoms with Crippen LogP contribution in [0.15, 0.2) is 42.5 Å². The molecule has 0 spiro atoms. The highest BCUT2D eigenvalue weighted by Crippen LogP contribution is 2.37. The zero-order chi connectivity index (χ0) is 14.1. The third-order valence-corrected chi connectivity index (χ3v) is 4.05. The van der Waals surface area contributed by atoms with Crippen LogP contribution in [-0.4, -0.2) is 5.11 Å². The van der Waals surface area contributed by atoms with Crippen molar-refractivity contribution in [1.82, 2.24) is 5.32 Å². The second kappa shape index (κ2) is 5.25. The first-order valence-corrected chi connectivity index (χ1v) is 6.97. The van der Waals surface area contributed by atoms with E-state index in [4.69, 9.17) is 0 Å². The average Bonchev–Trinajstić information content (AvgIpc) is 2.83. The number of benzene rings is 2. The highest BCUT2D eigenvalue weighted by molar-refractivity contribution is 5.44. The van der Waals surface area contributed by atoms with Crippen molar-refractivity contribution in [2.45, 2.75) is 31.8 Å². The lowest BCUT2D eigenvalue weighted by molar-refractivity contribution is 0.463. The largest absolute Gasteiger partial charge is 0.508 e. The summed E-state index contributed by atoms with van der Waals surface area (Å²) in [4.78, 5) is 0. The van der Waals surface area contributed by atoms with Crippen molar-refractivity contribution >= 4 is 0 Å². The van der Waals surface area contributed by atoms with E-state index in [1.54, 1.807) is 18.2 Å². The first-order chi connectivity index (χ1) is 9.65. The third-order valence-electron chi connectivity index (χ3n) is 4.05. The molecule has 2 nitrogen and oxygen atoms in total. The van der Waals surface area contributed by atoms with Crippen molar-refractivity contribution in [1.29, 1.82) is 0 Å². The van der Waals surface area contributed by atoms with Crippen molar-refractivity contribution in [3.8, 4) is 5.75 Å². The van der Waals surface area contributed by atoms with Crippen molar-refractivity contribution in [3.05, 3.63) is 65.0 Å². The van der Waals surface area contributed by atoms with Crippen LogP contribution in [0.2, 0.25) is 0 Å². The van der Waals surface area contributed by atoms with Crippen LogP contribution in [0.3, 0.4) is 0 Å². The van der Waals surface area contributed by atoms with Crippen LogP contribution < -0.4 is 5.32 Å². The van der Waals surface area contributed by atoms with Gasteiger partial charge in [0.15, 0.2) is 0 Å². The summed E-state index contributed by atoms with van der Waals surface area (Å²) in [6.07, 6.45) is 1.85. The Bertz CT molecular complexity index is 626. The summed E-state index contributed by atoms with van der Waals surface area (Å²) in [5.41, 5.74) is 3.14. The van der Waals surface area contributed by atoms with Crippen LogP contribution in [0.1, 0.15) is 42.1 Å². The minimum Gasteiger partial charge on any atom is -0.508 e. The molecule has 3 heteroatoms. The molecule has 0 heterocycles. The molecule has 3 rings (SSSR count). The SMILES string of the molecule is C[C@@H](NC1CCc2c(O)cccc21)c1cccc(F)c1. The number of hydrogen-bond donors (Lipinski definition) is 2. The summed E-state index contributed by atoms with van der Waals surface area (Å²) < 4.78 is 13.3. The van der Waals surface area contributed by atoms with Gasteiger partial charge in [-0.15, -0.1) is 0 Å². The van der Waals surface area contributed by atoms with E-state index in [1.807, 2.05) is 19.1 Å². The number of rotatable bonds is 3. The highest BCUT2D eigenvalue weighted by Gasteiger charge is 2.25. The van der Waals surface area contributed by atoms with E-state index in [0.717, 1.165) is 29.5 Å². The standard InChI is InChI=1S/C17H18FNO/c1-11(12-4-2-5-13(18)10-12)19-16-9-8-15-14(16)6-3-7-17(15)20/h2-7,10-11,16,19-20H,8-9H2,1H3/t11-,16?/m1/s1. The number of phenolic OH excluding ortho intramolecular Hbond substituents is 1. The van der Waals surface area contributed by atoms with E-state index in [2.05, 4.69) is 11.4 Å². The summed E-state index contributed by atoms with van der Waals surface area (Å²) in [5, 5.41) is 13.4. The number of aromatic hydroxyl groups is 1. The Morgan fingerprint density at radius 1 is 1.25 bits per heavy atom. The molecule has 2 atom stereocenters. The van der Waals surface area contributed by atoms with Crippen LogP contribution in [0, 0.1) is 5.82 Å². The van der Waals surface area contributed by atoms with Gasteiger partial charge in [-0.2, -0.15) is 0 Å². The second-order valence-electron chi connectivity index (χ2n) is 5.38. The molecule has 2 N–H and O–H groups in total. The Kier molecular flexibility index (Phi) is 3.45. The Morgan fingerprint density at radius 2 is 2.05 bits per heavy atom. The first-order valence-electron chi connectivity index (χ1n) is 6.97. The van der Waals surface area contributed by atoms with Crippen LogP contribution in [0.5, 0.6) is 5.75 Å². The number of hydrogen-bond acceptors (Lipinski definition) is 2. The molecule has 104 valence electrons. The van der Waals surface area contributed by atoms with Gasteiger partial charge in [0.2, 0.25) is 0 Å². The van der Waals surface area contributed by atoms with E-state index in [-0.39, 0.29) is 17.9 Å². The van der Waals surface area contributed by atoms with E-state index < -0.39 is 0 Å². The Balaban J connectivity index is 1.79. The van der Waals surface area contributed by atoms with Gasteiger partial charge in [0.25, 0.3) is 0 Å². The Labute approximate surface area is 118 Å². The number of nitrogens with one attached hydrogen (secondary N) is 1. The number of phenols is 1. The number of halogens is 1. The summed E-state index contributed by atoms with van der Waals surface area (Å²) in [6, 6.07) is 12.6. The molecule has 0 amide bonds. The van der Waals surface area contributed by atoms with Crippen molar-refractivity contribution in [2.24, 2.45) is 0 Å². The molecule has 2 aromatic carbocycles. The molecule has 0 fully saturated rings. The van der Waals surface area contributed by atoms with Crippen molar-refractivity contribution in [3.63, 3.8) is 0 Å².